The molecule has 0 atom stereocenters. The third-order valence-electron chi connectivity index (χ3n) is 0.111. The number of aliphatic hydroxyl groups excluding tert-OH is 1. The van der Waals surface area contributed by atoms with E-state index >= 15 is 0 Å². The van der Waals surface area contributed by atoms with E-state index in [1.54, 1.807) is 0 Å². The van der Waals surface area contributed by atoms with Crippen LogP contribution in [0.4, 0.5) is 0 Å². The predicted molar refractivity (Wildman–Crippen MR) is 22.5 cm³/mol. The van der Waals surface area contributed by atoms with Gasteiger partial charge in [0.2, 0.25) is 0 Å². The molecule has 0 radical (unpaired) electrons. The highest BCUT2D eigenvalue weighted by atomic mass is 16.6. The van der Waals surface area contributed by atoms with Gasteiger partial charge >= 0.3 is 12.9 Å². The number of hydrogen-bond acceptors (Lipinski definition) is 5. The number of hydrogen-bond donors (Lipinski definition) is 2. The van der Waals surface area contributed by atoms with Crippen molar-refractivity contribution in [2.45, 2.75) is 0 Å². The van der Waals surface area contributed by atoms with Gasteiger partial charge in [0.25, 0.3) is 0 Å². The second-order valence-corrected chi connectivity index (χ2v) is 0.470. The van der Waals surface area contributed by atoms with E-state index < -0.39 is 6.79 Å². The van der Waals surface area contributed by atoms with Crippen LogP contribution >= 0.6 is 0 Å². The fourth-order valence-electron chi connectivity index (χ4n) is 0.0227. The van der Waals surface area contributed by atoms with Crippen LogP contribution in [0.1, 0.15) is 0 Å². The standard InChI is InChI=1S/C2H2O3.CH4O2/c3-1-5-2-4;2-1-3/h1-2H;2-3H,1H2. The summed E-state index contributed by atoms with van der Waals surface area (Å²) in [6.45, 7) is -0.625. The van der Waals surface area contributed by atoms with Crippen LogP contribution in [0, 0.1) is 0 Å². The summed E-state index contributed by atoms with van der Waals surface area (Å²) in [6.07, 6.45) is 0. The molecule has 0 amide bonds. The van der Waals surface area contributed by atoms with Crippen molar-refractivity contribution in [3.05, 3.63) is 0 Å². The molecule has 0 aliphatic heterocycles. The fraction of sp³-hybridized carbons (Fsp3) is 0.333. The fourth-order valence-corrected chi connectivity index (χ4v) is 0.0227. The van der Waals surface area contributed by atoms with Crippen LogP contribution in [-0.4, -0.2) is 30.0 Å². The van der Waals surface area contributed by atoms with Gasteiger partial charge in [-0.25, -0.2) is 0 Å². The summed E-state index contributed by atoms with van der Waals surface area (Å²) in [7, 11) is 0. The van der Waals surface area contributed by atoms with E-state index in [1.165, 1.54) is 0 Å². The molecule has 8 heavy (non-hydrogen) atoms. The number of aliphatic hydroxyl groups is 2. The maximum atomic E-state index is 8.95. The predicted octanol–water partition coefficient (Wildman–Crippen LogP) is -1.76. The van der Waals surface area contributed by atoms with Crippen molar-refractivity contribution >= 4 is 12.9 Å². The first-order chi connectivity index (χ1) is 3.83. The van der Waals surface area contributed by atoms with Gasteiger partial charge in [0.15, 0.2) is 0 Å². The van der Waals surface area contributed by atoms with Gasteiger partial charge < -0.3 is 14.9 Å². The third kappa shape index (κ3) is 74.2. The first-order valence-corrected chi connectivity index (χ1v) is 1.58. The second-order valence-electron chi connectivity index (χ2n) is 0.470. The molecule has 2 N–H and O–H groups in total. The molecule has 0 saturated carbocycles. The Morgan fingerprint density at radius 2 is 1.50 bits per heavy atom. The van der Waals surface area contributed by atoms with E-state index in [1.807, 2.05) is 0 Å². The van der Waals surface area contributed by atoms with Crippen molar-refractivity contribution in [3.63, 3.8) is 0 Å². The molecule has 0 aromatic carbocycles. The molecular formula is C3H6O5. The van der Waals surface area contributed by atoms with Gasteiger partial charge in [-0.05, 0) is 0 Å². The summed E-state index contributed by atoms with van der Waals surface area (Å²) in [5.41, 5.74) is 0. The van der Waals surface area contributed by atoms with Crippen LogP contribution in [0.15, 0.2) is 0 Å². The van der Waals surface area contributed by atoms with Crippen LogP contribution in [0.25, 0.3) is 0 Å². The van der Waals surface area contributed by atoms with E-state index in [4.69, 9.17) is 19.8 Å². The zero-order chi connectivity index (χ0) is 6.83. The number of carbonyl (C=O) groups is 2. The maximum Gasteiger partial charge on any atom is 0.300 e. The van der Waals surface area contributed by atoms with Gasteiger partial charge in [-0.1, -0.05) is 0 Å². The average molecular weight is 122 g/mol. The van der Waals surface area contributed by atoms with E-state index in [9.17, 15) is 0 Å². The highest BCUT2D eigenvalue weighted by Crippen LogP contribution is 1.40. The summed E-state index contributed by atoms with van der Waals surface area (Å²) in [5, 5.41) is 14.2. The van der Waals surface area contributed by atoms with Crippen LogP contribution in [0.3, 0.4) is 0 Å². The van der Waals surface area contributed by atoms with E-state index in [0.29, 0.717) is 0 Å². The lowest BCUT2D eigenvalue weighted by atomic mass is 11.5. The average Bonchev–Trinajstić information content (AvgIpc) is 1.71. The van der Waals surface area contributed by atoms with E-state index in [2.05, 4.69) is 4.74 Å². The molecule has 0 saturated heterocycles. The van der Waals surface area contributed by atoms with Crippen LogP contribution < -0.4 is 0 Å². The SMILES string of the molecule is O=COC=O.OCO. The Bertz CT molecular complexity index is 45.6. The van der Waals surface area contributed by atoms with Gasteiger partial charge in [-0.15, -0.1) is 0 Å². The van der Waals surface area contributed by atoms with Gasteiger partial charge in [-0.3, -0.25) is 9.59 Å². The van der Waals surface area contributed by atoms with Crippen molar-refractivity contribution in [1.82, 2.24) is 0 Å². The molecular weight excluding hydrogens is 116 g/mol. The molecule has 0 heterocycles. The van der Waals surface area contributed by atoms with Crippen molar-refractivity contribution in [1.29, 1.82) is 0 Å². The summed E-state index contributed by atoms with van der Waals surface area (Å²) in [5.74, 6) is 0. The smallest absolute Gasteiger partial charge is 0.300 e. The quantitative estimate of drug-likeness (QED) is 0.257. The van der Waals surface area contributed by atoms with Crippen LogP contribution in [0.5, 0.6) is 0 Å². The minimum atomic E-state index is -0.750. The Hall–Kier alpha value is -0.940. The van der Waals surface area contributed by atoms with Crippen LogP contribution in [-0.2, 0) is 14.3 Å². The topological polar surface area (TPSA) is 83.8 Å². The van der Waals surface area contributed by atoms with Crippen molar-refractivity contribution < 1.29 is 24.5 Å². The maximum absolute atomic E-state index is 8.95. The van der Waals surface area contributed by atoms with Crippen molar-refractivity contribution in [2.24, 2.45) is 0 Å². The molecule has 0 aliphatic carbocycles. The molecule has 0 aromatic rings. The van der Waals surface area contributed by atoms with Gasteiger partial charge in [0, 0.05) is 0 Å². The lowest BCUT2D eigenvalue weighted by Crippen LogP contribution is -1.77. The lowest BCUT2D eigenvalue weighted by molar-refractivity contribution is -0.141. The zero-order valence-electron chi connectivity index (χ0n) is 3.98. The highest BCUT2D eigenvalue weighted by molar-refractivity contribution is 5.55. The zero-order valence-corrected chi connectivity index (χ0v) is 3.98. The largest absolute Gasteiger partial charge is 0.398 e. The van der Waals surface area contributed by atoms with Gasteiger partial charge in [0.1, 0.15) is 6.79 Å². The van der Waals surface area contributed by atoms with Crippen molar-refractivity contribution in [3.8, 4) is 0 Å². The van der Waals surface area contributed by atoms with E-state index in [-0.39, 0.29) is 12.9 Å². The van der Waals surface area contributed by atoms with Crippen molar-refractivity contribution in [2.75, 3.05) is 6.79 Å². The molecule has 0 spiro atoms. The molecule has 0 aliphatic rings. The van der Waals surface area contributed by atoms with E-state index in [0.717, 1.165) is 0 Å². The Morgan fingerprint density at radius 1 is 1.25 bits per heavy atom. The first-order valence-electron chi connectivity index (χ1n) is 1.58. The molecule has 0 bridgehead atoms. The number of carbonyl (C=O) groups excluding carboxylic acids is 2. The molecule has 0 rings (SSSR count). The Morgan fingerprint density at radius 3 is 1.50 bits per heavy atom. The Kier molecular flexibility index (Phi) is 21.0. The lowest BCUT2D eigenvalue weighted by Gasteiger charge is -1.65. The minimum Gasteiger partial charge on any atom is -0.398 e. The highest BCUT2D eigenvalue weighted by Gasteiger charge is 1.58. The molecule has 5 nitrogen and oxygen atoms in total. The molecule has 0 unspecified atom stereocenters. The summed E-state index contributed by atoms with van der Waals surface area (Å²) < 4.78 is 3.47. The van der Waals surface area contributed by atoms with Crippen LogP contribution in [0.2, 0.25) is 0 Å². The normalized spacial score (nSPS) is 5.75. The molecule has 5 heteroatoms. The molecule has 0 aromatic heterocycles. The summed E-state index contributed by atoms with van der Waals surface area (Å²) >= 11 is 0. The number of ether oxygens (including phenoxy) is 1. The first kappa shape index (κ1) is 10.1. The number of rotatable bonds is 2. The third-order valence-corrected chi connectivity index (χ3v) is 0.111. The monoisotopic (exact) mass is 122 g/mol. The molecule has 0 fully saturated rings. The van der Waals surface area contributed by atoms with Gasteiger partial charge in [0.05, 0.1) is 0 Å². The summed E-state index contributed by atoms with van der Waals surface area (Å²) in [4.78, 5) is 17.9. The molecule has 48 valence electrons. The summed E-state index contributed by atoms with van der Waals surface area (Å²) in [6, 6.07) is 0. The second kappa shape index (κ2) is 16.6. The Balaban J connectivity index is 0. The van der Waals surface area contributed by atoms with Gasteiger partial charge in [-0.2, -0.15) is 0 Å². The minimum absolute atomic E-state index is 0.0625. The Labute approximate surface area is 45.5 Å².